The lowest BCUT2D eigenvalue weighted by Crippen LogP contribution is -2.23. The Bertz CT molecular complexity index is 265. The Morgan fingerprint density at radius 3 is 2.64 bits per heavy atom. The molecule has 0 aliphatic carbocycles. The van der Waals surface area contributed by atoms with Crippen LogP contribution in [0.1, 0.15) is 0 Å². The van der Waals surface area contributed by atoms with Crippen LogP contribution in [0.2, 0.25) is 0 Å². The van der Waals surface area contributed by atoms with E-state index in [9.17, 15) is 0 Å². The van der Waals surface area contributed by atoms with E-state index in [-0.39, 0.29) is 13.2 Å². The molecule has 6 heteroatoms. The van der Waals surface area contributed by atoms with Crippen molar-refractivity contribution in [1.82, 2.24) is 9.97 Å². The number of hydrogen-bond acceptors (Lipinski definition) is 6. The van der Waals surface area contributed by atoms with Crippen molar-refractivity contribution in [2.45, 2.75) is 6.10 Å². The summed E-state index contributed by atoms with van der Waals surface area (Å²) in [5, 5.41) is 20.3. The van der Waals surface area contributed by atoms with Crippen molar-refractivity contribution < 1.29 is 14.9 Å². The van der Waals surface area contributed by atoms with Crippen LogP contribution >= 0.6 is 0 Å². The molecular weight excluding hydrogens is 186 g/mol. The number of aliphatic hydroxyl groups is 2. The van der Waals surface area contributed by atoms with Gasteiger partial charge in [-0.3, -0.25) is 0 Å². The summed E-state index contributed by atoms with van der Waals surface area (Å²) in [5.41, 5.74) is 0. The molecule has 0 aliphatic rings. The molecule has 1 atom stereocenters. The van der Waals surface area contributed by atoms with E-state index in [4.69, 9.17) is 14.9 Å². The standard InChI is InChI=1S/C8H13N3O3/c1-14-7-3-10-8(11-4-7)9-2-6(13)5-12/h3-4,6,12-13H,2,5H2,1H3,(H,9,10,11). The number of nitrogens with one attached hydrogen (secondary N) is 1. The van der Waals surface area contributed by atoms with Gasteiger partial charge in [-0.1, -0.05) is 0 Å². The molecule has 0 fully saturated rings. The molecule has 0 spiro atoms. The van der Waals surface area contributed by atoms with Gasteiger partial charge in [-0.25, -0.2) is 9.97 Å². The summed E-state index contributed by atoms with van der Waals surface area (Å²) in [5.74, 6) is 0.955. The van der Waals surface area contributed by atoms with Gasteiger partial charge in [0.15, 0.2) is 5.75 Å². The Labute approximate surface area is 81.6 Å². The van der Waals surface area contributed by atoms with E-state index in [1.165, 1.54) is 19.5 Å². The zero-order valence-corrected chi connectivity index (χ0v) is 7.84. The van der Waals surface area contributed by atoms with E-state index in [1.54, 1.807) is 0 Å². The fourth-order valence-electron chi connectivity index (χ4n) is 0.787. The average molecular weight is 199 g/mol. The fourth-order valence-corrected chi connectivity index (χ4v) is 0.787. The van der Waals surface area contributed by atoms with Gasteiger partial charge in [0.05, 0.1) is 32.2 Å². The van der Waals surface area contributed by atoms with Crippen molar-refractivity contribution in [3.8, 4) is 5.75 Å². The summed E-state index contributed by atoms with van der Waals surface area (Å²) >= 11 is 0. The summed E-state index contributed by atoms with van der Waals surface area (Å²) in [4.78, 5) is 7.83. The third kappa shape index (κ3) is 3.15. The van der Waals surface area contributed by atoms with Gasteiger partial charge in [-0.2, -0.15) is 0 Å². The molecular formula is C8H13N3O3. The Kier molecular flexibility index (Phi) is 4.09. The number of nitrogens with zero attached hydrogens (tertiary/aromatic N) is 2. The summed E-state index contributed by atoms with van der Waals surface area (Å²) in [6.07, 6.45) is 2.22. The van der Waals surface area contributed by atoms with Crippen LogP contribution in [0.5, 0.6) is 5.75 Å². The van der Waals surface area contributed by atoms with Gasteiger partial charge >= 0.3 is 0 Å². The highest BCUT2D eigenvalue weighted by Crippen LogP contribution is 2.06. The van der Waals surface area contributed by atoms with Gasteiger partial charge in [-0.05, 0) is 0 Å². The molecule has 1 unspecified atom stereocenters. The smallest absolute Gasteiger partial charge is 0.222 e. The normalized spacial score (nSPS) is 12.2. The van der Waals surface area contributed by atoms with Gasteiger partial charge in [-0.15, -0.1) is 0 Å². The van der Waals surface area contributed by atoms with Crippen molar-refractivity contribution >= 4 is 5.95 Å². The topological polar surface area (TPSA) is 87.5 Å². The molecule has 78 valence electrons. The Balaban J connectivity index is 2.43. The number of ether oxygens (including phenoxy) is 1. The molecule has 0 aromatic carbocycles. The van der Waals surface area contributed by atoms with E-state index in [0.29, 0.717) is 11.7 Å². The second-order valence-corrected chi connectivity index (χ2v) is 2.66. The molecule has 6 nitrogen and oxygen atoms in total. The van der Waals surface area contributed by atoms with Gasteiger partial charge in [0.1, 0.15) is 0 Å². The Morgan fingerprint density at radius 1 is 1.50 bits per heavy atom. The van der Waals surface area contributed by atoms with Crippen LogP contribution in [0, 0.1) is 0 Å². The number of aliphatic hydroxyl groups excluding tert-OH is 2. The van der Waals surface area contributed by atoms with Gasteiger partial charge in [0, 0.05) is 6.54 Å². The Hall–Kier alpha value is -1.40. The van der Waals surface area contributed by atoms with Gasteiger partial charge in [0.2, 0.25) is 5.95 Å². The highest BCUT2D eigenvalue weighted by atomic mass is 16.5. The highest BCUT2D eigenvalue weighted by Gasteiger charge is 2.02. The van der Waals surface area contributed by atoms with Crippen LogP contribution in [0.3, 0.4) is 0 Å². The predicted molar refractivity (Wildman–Crippen MR) is 50.2 cm³/mol. The largest absolute Gasteiger partial charge is 0.494 e. The first-order chi connectivity index (χ1) is 6.76. The maximum absolute atomic E-state index is 9.03. The van der Waals surface area contributed by atoms with E-state index in [1.807, 2.05) is 0 Å². The van der Waals surface area contributed by atoms with Crippen molar-refractivity contribution in [3.05, 3.63) is 12.4 Å². The lowest BCUT2D eigenvalue weighted by Gasteiger charge is -2.08. The SMILES string of the molecule is COc1cnc(NCC(O)CO)nc1. The van der Waals surface area contributed by atoms with Gasteiger partial charge in [0.25, 0.3) is 0 Å². The molecule has 1 rings (SSSR count). The van der Waals surface area contributed by atoms with Crippen molar-refractivity contribution in [3.63, 3.8) is 0 Å². The summed E-state index contributed by atoms with van der Waals surface area (Å²) in [6.45, 7) is -0.0774. The average Bonchev–Trinajstić information content (AvgIpc) is 2.26. The number of rotatable bonds is 5. The minimum absolute atomic E-state index is 0.211. The summed E-state index contributed by atoms with van der Waals surface area (Å²) in [6, 6.07) is 0. The lowest BCUT2D eigenvalue weighted by molar-refractivity contribution is 0.105. The predicted octanol–water partition coefficient (Wildman–Crippen LogP) is -0.750. The van der Waals surface area contributed by atoms with Crippen LogP contribution in [0.25, 0.3) is 0 Å². The zero-order valence-electron chi connectivity index (χ0n) is 7.84. The molecule has 0 aliphatic heterocycles. The van der Waals surface area contributed by atoms with Crippen molar-refractivity contribution in [2.24, 2.45) is 0 Å². The fraction of sp³-hybridized carbons (Fsp3) is 0.500. The van der Waals surface area contributed by atoms with Crippen LogP contribution in [-0.2, 0) is 0 Å². The molecule has 3 N–H and O–H groups in total. The molecule has 0 bridgehead atoms. The maximum atomic E-state index is 9.03. The number of anilines is 1. The number of aromatic nitrogens is 2. The van der Waals surface area contributed by atoms with Crippen LogP contribution in [0.15, 0.2) is 12.4 Å². The number of methoxy groups -OCH3 is 1. The summed E-state index contributed by atoms with van der Waals surface area (Å²) < 4.78 is 4.87. The highest BCUT2D eigenvalue weighted by molar-refractivity contribution is 5.26. The molecule has 1 aromatic rings. The summed E-state index contributed by atoms with van der Waals surface area (Å²) in [7, 11) is 1.53. The van der Waals surface area contributed by atoms with Crippen molar-refractivity contribution in [1.29, 1.82) is 0 Å². The first kappa shape index (κ1) is 10.7. The second kappa shape index (κ2) is 5.36. The quantitative estimate of drug-likeness (QED) is 0.578. The van der Waals surface area contributed by atoms with Crippen LogP contribution < -0.4 is 10.1 Å². The van der Waals surface area contributed by atoms with Gasteiger partial charge < -0.3 is 20.3 Å². The Morgan fingerprint density at radius 2 is 2.14 bits per heavy atom. The van der Waals surface area contributed by atoms with Crippen LogP contribution in [0.4, 0.5) is 5.95 Å². The molecule has 1 heterocycles. The molecule has 14 heavy (non-hydrogen) atoms. The minimum Gasteiger partial charge on any atom is -0.494 e. The molecule has 0 amide bonds. The monoisotopic (exact) mass is 199 g/mol. The first-order valence-electron chi connectivity index (χ1n) is 4.15. The zero-order chi connectivity index (χ0) is 10.4. The minimum atomic E-state index is -0.805. The van der Waals surface area contributed by atoms with E-state index in [2.05, 4.69) is 15.3 Å². The third-order valence-electron chi connectivity index (χ3n) is 1.57. The third-order valence-corrected chi connectivity index (χ3v) is 1.57. The van der Waals surface area contributed by atoms with E-state index in [0.717, 1.165) is 0 Å². The maximum Gasteiger partial charge on any atom is 0.222 e. The van der Waals surface area contributed by atoms with E-state index < -0.39 is 6.10 Å². The number of hydrogen-bond donors (Lipinski definition) is 3. The molecule has 0 saturated heterocycles. The lowest BCUT2D eigenvalue weighted by atomic mass is 10.4. The first-order valence-corrected chi connectivity index (χ1v) is 4.15. The molecule has 0 radical (unpaired) electrons. The second-order valence-electron chi connectivity index (χ2n) is 2.66. The molecule has 0 saturated carbocycles. The molecule has 1 aromatic heterocycles. The van der Waals surface area contributed by atoms with E-state index >= 15 is 0 Å². The van der Waals surface area contributed by atoms with Crippen LogP contribution in [-0.4, -0.2) is 46.5 Å². The van der Waals surface area contributed by atoms with Crippen molar-refractivity contribution in [2.75, 3.05) is 25.6 Å².